The van der Waals surface area contributed by atoms with Gasteiger partial charge in [0.1, 0.15) is 5.75 Å². The lowest BCUT2D eigenvalue weighted by Crippen LogP contribution is -2.27. The fourth-order valence-electron chi connectivity index (χ4n) is 3.49. The van der Waals surface area contributed by atoms with Gasteiger partial charge in [0.05, 0.1) is 30.9 Å². The Morgan fingerprint density at radius 3 is 2.32 bits per heavy atom. The molecule has 7 heteroatoms. The van der Waals surface area contributed by atoms with E-state index >= 15 is 0 Å². The Hall–Kier alpha value is -3.29. The molecule has 1 aliphatic rings. The van der Waals surface area contributed by atoms with Crippen LogP contribution in [0.1, 0.15) is 17.5 Å². The number of benzene rings is 3. The molecular formula is C27H25NO4S2. The second-order valence-corrected chi connectivity index (χ2v) is 9.27. The highest BCUT2D eigenvalue weighted by Crippen LogP contribution is 2.37. The molecule has 174 valence electrons. The van der Waals surface area contributed by atoms with Crippen molar-refractivity contribution in [2.24, 2.45) is 0 Å². The standard InChI is InChI=1S/C27H25NO4S2/c1-19-9-7-11-21(17-19)28-26(29)25(34-27(28)33)18-20-10-3-4-12-22(20)31-15-8-16-32-24-14-6-5-13-23(24)30-2/h3-7,9-14,17-18H,8,15-16H2,1-2H3/b25-18-. The zero-order valence-corrected chi connectivity index (χ0v) is 20.7. The lowest BCUT2D eigenvalue weighted by Gasteiger charge is -2.15. The largest absolute Gasteiger partial charge is 0.493 e. The number of thiocarbonyl (C=S) groups is 1. The molecule has 0 aromatic heterocycles. The van der Waals surface area contributed by atoms with Crippen molar-refractivity contribution in [1.29, 1.82) is 0 Å². The Morgan fingerprint density at radius 1 is 0.912 bits per heavy atom. The highest BCUT2D eigenvalue weighted by atomic mass is 32.2. The number of carbonyl (C=O) groups is 1. The predicted octanol–water partition coefficient (Wildman–Crippen LogP) is 6.26. The fourth-order valence-corrected chi connectivity index (χ4v) is 4.78. The first-order valence-corrected chi connectivity index (χ1v) is 12.1. The summed E-state index contributed by atoms with van der Waals surface area (Å²) >= 11 is 6.80. The Balaban J connectivity index is 1.39. The molecule has 0 atom stereocenters. The molecule has 1 aliphatic heterocycles. The molecule has 0 saturated carbocycles. The zero-order valence-electron chi connectivity index (χ0n) is 19.0. The maximum absolute atomic E-state index is 13.1. The first-order valence-electron chi connectivity index (χ1n) is 10.9. The van der Waals surface area contributed by atoms with Crippen molar-refractivity contribution >= 4 is 46.0 Å². The molecule has 34 heavy (non-hydrogen) atoms. The van der Waals surface area contributed by atoms with Crippen LogP contribution < -0.4 is 19.1 Å². The minimum Gasteiger partial charge on any atom is -0.493 e. The molecule has 0 spiro atoms. The Labute approximate surface area is 209 Å². The summed E-state index contributed by atoms with van der Waals surface area (Å²) in [6, 6.07) is 23.0. The zero-order chi connectivity index (χ0) is 23.9. The summed E-state index contributed by atoms with van der Waals surface area (Å²) in [4.78, 5) is 15.3. The molecule has 1 heterocycles. The van der Waals surface area contributed by atoms with E-state index in [9.17, 15) is 4.79 Å². The van der Waals surface area contributed by atoms with Crippen molar-refractivity contribution in [3.05, 3.63) is 88.8 Å². The summed E-state index contributed by atoms with van der Waals surface area (Å²) in [6.07, 6.45) is 2.54. The van der Waals surface area contributed by atoms with E-state index < -0.39 is 0 Å². The highest BCUT2D eigenvalue weighted by molar-refractivity contribution is 8.27. The van der Waals surface area contributed by atoms with Crippen molar-refractivity contribution < 1.29 is 19.0 Å². The second kappa shape index (κ2) is 11.2. The SMILES string of the molecule is COc1ccccc1OCCCOc1ccccc1/C=C1\SC(=S)N(c2cccc(C)c2)C1=O. The Morgan fingerprint density at radius 2 is 1.59 bits per heavy atom. The maximum atomic E-state index is 13.1. The van der Waals surface area contributed by atoms with Gasteiger partial charge >= 0.3 is 0 Å². The van der Waals surface area contributed by atoms with Crippen LogP contribution in [0.5, 0.6) is 17.2 Å². The van der Waals surface area contributed by atoms with E-state index in [-0.39, 0.29) is 5.91 Å². The van der Waals surface area contributed by atoms with Gasteiger partial charge in [0.25, 0.3) is 5.91 Å². The number of carbonyl (C=O) groups excluding carboxylic acids is 1. The number of hydrogen-bond donors (Lipinski definition) is 0. The lowest BCUT2D eigenvalue weighted by atomic mass is 10.1. The summed E-state index contributed by atoms with van der Waals surface area (Å²) in [5, 5.41) is 0. The normalized spacial score (nSPS) is 14.5. The molecule has 4 rings (SSSR count). The molecule has 1 amide bonds. The van der Waals surface area contributed by atoms with E-state index in [0.29, 0.717) is 46.1 Å². The van der Waals surface area contributed by atoms with Crippen LogP contribution in [0.2, 0.25) is 0 Å². The topological polar surface area (TPSA) is 48.0 Å². The highest BCUT2D eigenvalue weighted by Gasteiger charge is 2.33. The number of para-hydroxylation sites is 3. The quantitative estimate of drug-likeness (QED) is 0.200. The number of hydrogen-bond acceptors (Lipinski definition) is 6. The van der Waals surface area contributed by atoms with Gasteiger partial charge in [0.15, 0.2) is 15.8 Å². The maximum Gasteiger partial charge on any atom is 0.270 e. The molecule has 3 aromatic carbocycles. The van der Waals surface area contributed by atoms with Crippen molar-refractivity contribution in [3.8, 4) is 17.2 Å². The number of thioether (sulfide) groups is 1. The predicted molar refractivity (Wildman–Crippen MR) is 142 cm³/mol. The average Bonchev–Trinajstić information content (AvgIpc) is 3.12. The molecular weight excluding hydrogens is 466 g/mol. The van der Waals surface area contributed by atoms with Gasteiger partial charge in [0.2, 0.25) is 0 Å². The number of amides is 1. The number of aryl methyl sites for hydroxylation is 1. The van der Waals surface area contributed by atoms with Crippen LogP contribution in [0.3, 0.4) is 0 Å². The van der Waals surface area contributed by atoms with Crippen LogP contribution in [-0.2, 0) is 4.79 Å². The van der Waals surface area contributed by atoms with Crippen molar-refractivity contribution in [2.45, 2.75) is 13.3 Å². The van der Waals surface area contributed by atoms with Crippen molar-refractivity contribution in [2.75, 3.05) is 25.2 Å². The monoisotopic (exact) mass is 491 g/mol. The third-order valence-electron chi connectivity index (χ3n) is 5.13. The van der Waals surface area contributed by atoms with Gasteiger partial charge in [-0.1, -0.05) is 66.4 Å². The average molecular weight is 492 g/mol. The summed E-state index contributed by atoms with van der Waals surface area (Å²) < 4.78 is 17.6. The van der Waals surface area contributed by atoms with Gasteiger partial charge in [-0.15, -0.1) is 0 Å². The van der Waals surface area contributed by atoms with Crippen LogP contribution in [0.25, 0.3) is 6.08 Å². The molecule has 5 nitrogen and oxygen atoms in total. The van der Waals surface area contributed by atoms with Gasteiger partial charge in [0, 0.05) is 12.0 Å². The summed E-state index contributed by atoms with van der Waals surface area (Å²) in [7, 11) is 1.62. The number of nitrogens with zero attached hydrogens (tertiary/aromatic N) is 1. The Bertz CT molecular complexity index is 1220. The third-order valence-corrected chi connectivity index (χ3v) is 6.43. The smallest absolute Gasteiger partial charge is 0.270 e. The molecule has 0 unspecified atom stereocenters. The van der Waals surface area contributed by atoms with Crippen LogP contribution in [0.15, 0.2) is 77.7 Å². The van der Waals surface area contributed by atoms with Gasteiger partial charge in [-0.2, -0.15) is 0 Å². The van der Waals surface area contributed by atoms with Crippen molar-refractivity contribution in [1.82, 2.24) is 0 Å². The molecule has 1 fully saturated rings. The van der Waals surface area contributed by atoms with Gasteiger partial charge in [-0.3, -0.25) is 9.69 Å². The lowest BCUT2D eigenvalue weighted by molar-refractivity contribution is -0.113. The van der Waals surface area contributed by atoms with E-state index in [1.54, 1.807) is 12.0 Å². The first kappa shape index (κ1) is 23.9. The van der Waals surface area contributed by atoms with E-state index in [0.717, 1.165) is 16.8 Å². The van der Waals surface area contributed by atoms with Crippen LogP contribution >= 0.6 is 24.0 Å². The van der Waals surface area contributed by atoms with Crippen molar-refractivity contribution in [3.63, 3.8) is 0 Å². The number of ether oxygens (including phenoxy) is 3. The molecule has 0 N–H and O–H groups in total. The third kappa shape index (κ3) is 5.61. The molecule has 0 radical (unpaired) electrons. The molecule has 0 aliphatic carbocycles. The summed E-state index contributed by atoms with van der Waals surface area (Å²) in [5.41, 5.74) is 2.69. The van der Waals surface area contributed by atoms with E-state index in [4.69, 9.17) is 26.4 Å². The van der Waals surface area contributed by atoms with Gasteiger partial charge in [-0.25, -0.2) is 0 Å². The number of methoxy groups -OCH3 is 1. The summed E-state index contributed by atoms with van der Waals surface area (Å²) in [6.45, 7) is 2.97. The molecule has 1 saturated heterocycles. The minimum atomic E-state index is -0.124. The second-order valence-electron chi connectivity index (χ2n) is 7.60. The number of rotatable bonds is 9. The summed E-state index contributed by atoms with van der Waals surface area (Å²) in [5.74, 6) is 2.00. The van der Waals surface area contributed by atoms with E-state index in [1.165, 1.54) is 11.8 Å². The van der Waals surface area contributed by atoms with Crippen LogP contribution in [0, 0.1) is 6.92 Å². The van der Waals surface area contributed by atoms with E-state index in [1.807, 2.05) is 85.8 Å². The number of anilines is 1. The van der Waals surface area contributed by atoms with Crippen LogP contribution in [-0.4, -0.2) is 30.6 Å². The van der Waals surface area contributed by atoms with E-state index in [2.05, 4.69) is 0 Å². The minimum absolute atomic E-state index is 0.124. The van der Waals surface area contributed by atoms with Gasteiger partial charge in [-0.05, 0) is 48.9 Å². The Kier molecular flexibility index (Phi) is 7.87. The molecule has 0 bridgehead atoms. The van der Waals surface area contributed by atoms with Crippen LogP contribution in [0.4, 0.5) is 5.69 Å². The molecule has 3 aromatic rings. The first-order chi connectivity index (χ1) is 16.6. The fraction of sp³-hybridized carbons (Fsp3) is 0.185. The van der Waals surface area contributed by atoms with Gasteiger partial charge < -0.3 is 14.2 Å².